The molecule has 3 heterocycles. The minimum atomic E-state index is -5.19. The van der Waals surface area contributed by atoms with Crippen LogP contribution in [0, 0.1) is 36.0 Å². The van der Waals surface area contributed by atoms with Crippen LogP contribution in [0.4, 0.5) is 13.2 Å². The number of amides is 4. The van der Waals surface area contributed by atoms with E-state index in [4.69, 9.17) is 9.26 Å². The number of likely N-dealkylation sites (tertiary alicyclic amines) is 1. The fraction of sp³-hybridized carbons (Fsp3) is 0.704. The Morgan fingerprint density at radius 2 is 1.93 bits per heavy atom. The van der Waals surface area contributed by atoms with Gasteiger partial charge in [0.05, 0.1) is 6.04 Å². The molecule has 15 heteroatoms. The summed E-state index contributed by atoms with van der Waals surface area (Å²) in [6.45, 7) is 8.54. The zero-order chi connectivity index (χ0) is 31.1. The van der Waals surface area contributed by atoms with Crippen LogP contribution in [0.5, 0.6) is 5.88 Å². The highest BCUT2D eigenvalue weighted by Gasteiger charge is 2.69. The quantitative estimate of drug-likeness (QED) is 0.341. The van der Waals surface area contributed by atoms with E-state index in [2.05, 4.69) is 15.8 Å². The number of alkyl halides is 3. The van der Waals surface area contributed by atoms with E-state index in [-0.39, 0.29) is 42.0 Å². The van der Waals surface area contributed by atoms with Gasteiger partial charge < -0.3 is 30.1 Å². The number of aromatic nitrogens is 1. The fourth-order valence-electron chi connectivity index (χ4n) is 6.07. The largest absolute Gasteiger partial charge is 0.471 e. The van der Waals surface area contributed by atoms with Crippen molar-refractivity contribution < 1.29 is 46.4 Å². The van der Waals surface area contributed by atoms with Crippen molar-refractivity contribution in [2.75, 3.05) is 19.7 Å². The summed E-state index contributed by atoms with van der Waals surface area (Å²) in [6, 6.07) is -2.28. The van der Waals surface area contributed by atoms with E-state index >= 15 is 0 Å². The lowest BCUT2D eigenvalue weighted by atomic mass is 9.94. The third-order valence-electron chi connectivity index (χ3n) is 8.59. The van der Waals surface area contributed by atoms with Crippen molar-refractivity contribution >= 4 is 29.4 Å². The van der Waals surface area contributed by atoms with Crippen molar-refractivity contribution in [1.82, 2.24) is 26.0 Å². The van der Waals surface area contributed by atoms with Crippen LogP contribution in [0.15, 0.2) is 10.6 Å². The molecule has 0 spiro atoms. The van der Waals surface area contributed by atoms with Gasteiger partial charge in [0.1, 0.15) is 17.8 Å². The standard InChI is InChI=1S/C27H36F3N5O7/c1-12(2)20(33-25(40)27(28,29)30)24(39)35-10-15-19(26(15,4)5)21(35)23(38)32-16(9-14-6-7-31-22(14)37)17(36)11-41-18-8-13(3)42-34-18/h8,12,14-16,19-21H,6-7,9-11H2,1-5H3,(H,31,37)(H,32,38)(H,33,40)/t14-,15-,16-,19-,20-,21-/m0/s1. The van der Waals surface area contributed by atoms with E-state index in [1.165, 1.54) is 24.8 Å². The number of piperidine rings is 1. The SMILES string of the molecule is Cc1cc(OCC(=O)[C@H](C[C@@H]2CCNC2=O)NC(=O)[C@@H]2[C@@H]3[C@H](CN2C(=O)[C@@H](NC(=O)C(F)(F)F)C(C)C)C3(C)C)no1. The van der Waals surface area contributed by atoms with Crippen molar-refractivity contribution in [3.63, 3.8) is 0 Å². The minimum absolute atomic E-state index is 0.00791. The van der Waals surface area contributed by atoms with Crippen LogP contribution in [0.25, 0.3) is 0 Å². The molecule has 0 bridgehead atoms. The maximum Gasteiger partial charge on any atom is 0.471 e. The first-order valence-electron chi connectivity index (χ1n) is 13.9. The van der Waals surface area contributed by atoms with Crippen molar-refractivity contribution in [2.24, 2.45) is 29.1 Å². The van der Waals surface area contributed by atoms with Crippen molar-refractivity contribution in [1.29, 1.82) is 0 Å². The van der Waals surface area contributed by atoms with Crippen molar-refractivity contribution in [2.45, 2.75) is 71.8 Å². The van der Waals surface area contributed by atoms with Gasteiger partial charge in [0.15, 0.2) is 12.4 Å². The van der Waals surface area contributed by atoms with Crippen LogP contribution in [0.2, 0.25) is 0 Å². The summed E-state index contributed by atoms with van der Waals surface area (Å²) in [5.74, 6) is -5.64. The van der Waals surface area contributed by atoms with E-state index in [0.29, 0.717) is 18.7 Å². The van der Waals surface area contributed by atoms with E-state index < -0.39 is 66.2 Å². The third-order valence-corrected chi connectivity index (χ3v) is 8.59. The lowest BCUT2D eigenvalue weighted by Crippen LogP contribution is -2.59. The van der Waals surface area contributed by atoms with Crippen LogP contribution in [-0.4, -0.2) is 83.5 Å². The Kier molecular flexibility index (Phi) is 8.61. The highest BCUT2D eigenvalue weighted by molar-refractivity contribution is 5.97. The van der Waals surface area contributed by atoms with E-state index in [0.717, 1.165) is 0 Å². The first-order chi connectivity index (χ1) is 19.5. The highest BCUT2D eigenvalue weighted by Crippen LogP contribution is 2.65. The summed E-state index contributed by atoms with van der Waals surface area (Å²) in [5, 5.41) is 10.8. The van der Waals surface area contributed by atoms with Gasteiger partial charge in [0.25, 0.3) is 5.88 Å². The Labute approximate surface area is 240 Å². The molecular weight excluding hydrogens is 563 g/mol. The summed E-state index contributed by atoms with van der Waals surface area (Å²) in [5.41, 5.74) is -0.333. The molecule has 0 radical (unpaired) electrons. The van der Waals surface area contributed by atoms with Crippen molar-refractivity contribution in [3.8, 4) is 5.88 Å². The lowest BCUT2D eigenvalue weighted by Gasteiger charge is -2.35. The zero-order valence-corrected chi connectivity index (χ0v) is 24.0. The molecule has 1 aromatic rings. The summed E-state index contributed by atoms with van der Waals surface area (Å²) in [4.78, 5) is 65.8. The molecule has 0 aromatic carbocycles. The average molecular weight is 600 g/mol. The number of carbonyl (C=O) groups excluding carboxylic acids is 5. The second-order valence-electron chi connectivity index (χ2n) is 12.2. The van der Waals surface area contributed by atoms with Gasteiger partial charge in [0.2, 0.25) is 17.7 Å². The summed E-state index contributed by atoms with van der Waals surface area (Å²) < 4.78 is 49.3. The Morgan fingerprint density at radius 3 is 2.48 bits per heavy atom. The smallest absolute Gasteiger partial charge is 0.467 e. The number of nitrogens with zero attached hydrogens (tertiary/aromatic N) is 2. The molecule has 232 valence electrons. The topological polar surface area (TPSA) is 160 Å². The molecule has 42 heavy (non-hydrogen) atoms. The number of ether oxygens (including phenoxy) is 1. The minimum Gasteiger partial charge on any atom is -0.467 e. The number of rotatable bonds is 11. The molecule has 2 saturated heterocycles. The molecule has 6 atom stereocenters. The molecule has 12 nitrogen and oxygen atoms in total. The number of Topliss-reactive ketones (excluding diaryl/α,β-unsaturated/α-hetero) is 1. The van der Waals surface area contributed by atoms with Gasteiger partial charge in [-0.2, -0.15) is 13.2 Å². The number of aryl methyl sites for hydroxylation is 1. The van der Waals surface area contributed by atoms with Crippen LogP contribution >= 0.6 is 0 Å². The highest BCUT2D eigenvalue weighted by atomic mass is 19.4. The number of carbonyl (C=O) groups is 5. The van der Waals surface area contributed by atoms with Gasteiger partial charge in [-0.25, -0.2) is 0 Å². The third kappa shape index (κ3) is 6.38. The number of nitrogens with one attached hydrogen (secondary N) is 3. The molecule has 2 aliphatic heterocycles. The van der Waals surface area contributed by atoms with Crippen LogP contribution in [-0.2, 0) is 24.0 Å². The van der Waals surface area contributed by atoms with Gasteiger partial charge in [-0.1, -0.05) is 27.7 Å². The second kappa shape index (κ2) is 11.6. The second-order valence-corrected chi connectivity index (χ2v) is 12.2. The lowest BCUT2D eigenvalue weighted by molar-refractivity contribution is -0.175. The number of fused-ring (bicyclic) bond motifs is 1. The molecule has 3 N–H and O–H groups in total. The molecule has 3 fully saturated rings. The van der Waals surface area contributed by atoms with Gasteiger partial charge in [-0.05, 0) is 48.1 Å². The fourth-order valence-corrected chi connectivity index (χ4v) is 6.07. The average Bonchev–Trinajstić information content (AvgIpc) is 3.40. The van der Waals surface area contributed by atoms with Crippen LogP contribution in [0.1, 0.15) is 46.3 Å². The Morgan fingerprint density at radius 1 is 1.24 bits per heavy atom. The van der Waals surface area contributed by atoms with Crippen LogP contribution < -0.4 is 20.7 Å². The summed E-state index contributed by atoms with van der Waals surface area (Å²) >= 11 is 0. The monoisotopic (exact) mass is 599 g/mol. The summed E-state index contributed by atoms with van der Waals surface area (Å²) in [7, 11) is 0. The summed E-state index contributed by atoms with van der Waals surface area (Å²) in [6.07, 6.45) is -4.74. The Bertz CT molecular complexity index is 1250. The number of hydrogen-bond acceptors (Lipinski definition) is 8. The molecule has 4 amide bonds. The number of hydrogen-bond donors (Lipinski definition) is 3. The van der Waals surface area contributed by atoms with Gasteiger partial charge in [-0.15, -0.1) is 0 Å². The molecule has 1 aromatic heterocycles. The van der Waals surface area contributed by atoms with Crippen molar-refractivity contribution in [3.05, 3.63) is 11.8 Å². The van der Waals surface area contributed by atoms with Crippen LogP contribution in [0.3, 0.4) is 0 Å². The van der Waals surface area contributed by atoms with E-state index in [1.54, 1.807) is 12.2 Å². The molecular formula is C27H36F3N5O7. The Balaban J connectivity index is 1.54. The predicted octanol–water partition coefficient (Wildman–Crippen LogP) is 1.13. The maximum absolute atomic E-state index is 13.8. The zero-order valence-electron chi connectivity index (χ0n) is 24.0. The van der Waals surface area contributed by atoms with Gasteiger partial charge >= 0.3 is 12.1 Å². The first-order valence-corrected chi connectivity index (χ1v) is 13.9. The van der Waals surface area contributed by atoms with E-state index in [1.807, 2.05) is 13.8 Å². The molecule has 1 aliphatic carbocycles. The molecule has 3 aliphatic rings. The maximum atomic E-state index is 13.8. The van der Waals surface area contributed by atoms with E-state index in [9.17, 15) is 37.1 Å². The number of halogens is 3. The molecule has 1 saturated carbocycles. The predicted molar refractivity (Wildman–Crippen MR) is 138 cm³/mol. The van der Waals surface area contributed by atoms with Gasteiger partial charge in [0, 0.05) is 25.1 Å². The normalized spacial score (nSPS) is 25.8. The number of ketones is 1. The molecule has 0 unspecified atom stereocenters. The molecule has 4 rings (SSSR count). The van der Waals surface area contributed by atoms with Gasteiger partial charge in [-0.3, -0.25) is 24.0 Å². The first kappa shape index (κ1) is 31.3. The Hall–Kier alpha value is -3.65.